The zero-order valence-corrected chi connectivity index (χ0v) is 13.9. The second kappa shape index (κ2) is 7.02. The maximum atomic E-state index is 13.2. The van der Waals surface area contributed by atoms with Crippen LogP contribution in [0.4, 0.5) is 15.0 Å². The Kier molecular flexibility index (Phi) is 5.26. The number of hydrogen-bond donors (Lipinski definition) is 3. The first kappa shape index (κ1) is 18.0. The average molecular weight is 339 g/mol. The Bertz CT molecular complexity index is 624. The Balaban J connectivity index is 1.79. The van der Waals surface area contributed by atoms with Gasteiger partial charge >= 0.3 is 12.1 Å². The minimum atomic E-state index is -1.16. The van der Waals surface area contributed by atoms with Crippen LogP contribution >= 0.6 is 0 Å². The molecule has 1 aromatic heterocycles. The lowest BCUT2D eigenvalue weighted by Crippen LogP contribution is -2.43. The average Bonchev–Trinajstić information content (AvgIpc) is 2.38. The van der Waals surface area contributed by atoms with E-state index in [9.17, 15) is 14.0 Å². The van der Waals surface area contributed by atoms with Crippen LogP contribution in [0.1, 0.15) is 44.0 Å². The molecule has 1 fully saturated rings. The van der Waals surface area contributed by atoms with Gasteiger partial charge in [0.15, 0.2) is 0 Å². The van der Waals surface area contributed by atoms with E-state index in [1.807, 2.05) is 0 Å². The summed E-state index contributed by atoms with van der Waals surface area (Å²) in [6.45, 7) is 5.86. The zero-order chi connectivity index (χ0) is 17.9. The fourth-order valence-corrected chi connectivity index (χ4v) is 2.47. The molecule has 132 valence electrons. The number of carbonyl (C=O) groups is 2. The van der Waals surface area contributed by atoms with Crippen molar-refractivity contribution in [2.45, 2.75) is 45.3 Å². The second-order valence-electron chi connectivity index (χ2n) is 6.90. The monoisotopic (exact) mass is 339 g/mol. The number of ether oxygens (including phenoxy) is 1. The van der Waals surface area contributed by atoms with Gasteiger partial charge in [-0.3, -0.25) is 0 Å². The molecular weight excluding hydrogens is 317 g/mol. The summed E-state index contributed by atoms with van der Waals surface area (Å²) >= 11 is 0. The topological polar surface area (TPSA) is 101 Å². The van der Waals surface area contributed by atoms with Crippen molar-refractivity contribution in [2.75, 3.05) is 11.9 Å². The van der Waals surface area contributed by atoms with Crippen LogP contribution in [0.2, 0.25) is 0 Å². The van der Waals surface area contributed by atoms with Crippen molar-refractivity contribution < 1.29 is 23.8 Å². The number of anilines is 1. The highest BCUT2D eigenvalue weighted by atomic mass is 19.1. The highest BCUT2D eigenvalue weighted by Crippen LogP contribution is 2.30. The molecule has 1 heterocycles. The van der Waals surface area contributed by atoms with Gasteiger partial charge in [-0.05, 0) is 51.7 Å². The van der Waals surface area contributed by atoms with E-state index in [0.29, 0.717) is 6.54 Å². The Morgan fingerprint density at radius 3 is 2.62 bits per heavy atom. The molecule has 0 aromatic carbocycles. The lowest BCUT2D eigenvalue weighted by Gasteiger charge is -2.36. The summed E-state index contributed by atoms with van der Waals surface area (Å²) in [6.07, 6.45) is 0.999. The minimum absolute atomic E-state index is 0.00263. The maximum absolute atomic E-state index is 13.2. The van der Waals surface area contributed by atoms with Crippen LogP contribution in [0.3, 0.4) is 0 Å². The van der Waals surface area contributed by atoms with Crippen LogP contribution in [0, 0.1) is 11.9 Å². The third kappa shape index (κ3) is 5.07. The summed E-state index contributed by atoms with van der Waals surface area (Å²) in [6, 6.07) is 2.21. The molecule has 0 atom stereocenters. The highest BCUT2D eigenvalue weighted by molar-refractivity contribution is 5.93. The van der Waals surface area contributed by atoms with Crippen LogP contribution in [0.15, 0.2) is 12.1 Å². The summed E-state index contributed by atoms with van der Waals surface area (Å²) in [5, 5.41) is 14.7. The van der Waals surface area contributed by atoms with Crippen molar-refractivity contribution in [1.82, 2.24) is 10.3 Å². The Morgan fingerprint density at radius 2 is 2.04 bits per heavy atom. The summed E-state index contributed by atoms with van der Waals surface area (Å²) in [5.74, 6) is -1.60. The fourth-order valence-electron chi connectivity index (χ4n) is 2.47. The molecule has 7 nitrogen and oxygen atoms in total. The number of nitrogens with zero attached hydrogens (tertiary/aromatic N) is 1. The molecule has 1 aromatic rings. The Morgan fingerprint density at radius 1 is 1.38 bits per heavy atom. The van der Waals surface area contributed by atoms with Gasteiger partial charge in [0.25, 0.3) is 0 Å². The van der Waals surface area contributed by atoms with Crippen molar-refractivity contribution in [3.63, 3.8) is 0 Å². The number of nitrogens with one attached hydrogen (secondary N) is 2. The smallest absolute Gasteiger partial charge is 0.407 e. The lowest BCUT2D eigenvalue weighted by atomic mass is 9.80. The largest absolute Gasteiger partial charge is 0.478 e. The van der Waals surface area contributed by atoms with Crippen LogP contribution < -0.4 is 10.6 Å². The van der Waals surface area contributed by atoms with Crippen molar-refractivity contribution in [2.24, 2.45) is 5.92 Å². The quantitative estimate of drug-likeness (QED) is 0.713. The molecule has 0 aliphatic heterocycles. The first-order valence-corrected chi connectivity index (χ1v) is 7.77. The standard InChI is InChI=1S/C16H22FN3O4/c1-16(2,3)24-15(23)18-8-9-6-10(7-9)19-13-11(14(21)22)4-5-12(17)20-13/h4-5,9-10H,6-8H2,1-3H3,(H,18,23)(H,19,20)(H,21,22). The zero-order valence-electron chi connectivity index (χ0n) is 13.9. The number of aromatic nitrogens is 1. The van der Waals surface area contributed by atoms with Gasteiger partial charge in [0.05, 0.1) is 0 Å². The molecule has 1 amide bonds. The van der Waals surface area contributed by atoms with E-state index in [1.165, 1.54) is 6.07 Å². The van der Waals surface area contributed by atoms with Crippen molar-refractivity contribution >= 4 is 17.9 Å². The van der Waals surface area contributed by atoms with E-state index in [4.69, 9.17) is 9.84 Å². The van der Waals surface area contributed by atoms with Gasteiger partial charge in [-0.2, -0.15) is 4.39 Å². The third-order valence-electron chi connectivity index (χ3n) is 3.60. The molecule has 0 saturated heterocycles. The number of carbonyl (C=O) groups excluding carboxylic acids is 1. The predicted molar refractivity (Wildman–Crippen MR) is 85.5 cm³/mol. The Labute approximate surface area is 139 Å². The summed E-state index contributed by atoms with van der Waals surface area (Å²) in [7, 11) is 0. The summed E-state index contributed by atoms with van der Waals surface area (Å²) in [5.41, 5.74) is -0.601. The molecule has 1 aliphatic carbocycles. The minimum Gasteiger partial charge on any atom is -0.478 e. The normalized spacial score (nSPS) is 20.0. The van der Waals surface area contributed by atoms with Gasteiger partial charge in [-0.1, -0.05) is 0 Å². The second-order valence-corrected chi connectivity index (χ2v) is 6.90. The number of alkyl carbamates (subject to hydrolysis) is 1. The molecule has 0 spiro atoms. The Hall–Kier alpha value is -2.38. The number of carboxylic acids is 1. The molecule has 1 saturated carbocycles. The van der Waals surface area contributed by atoms with E-state index < -0.39 is 23.6 Å². The molecule has 3 N–H and O–H groups in total. The van der Waals surface area contributed by atoms with Crippen LogP contribution in [0.5, 0.6) is 0 Å². The molecule has 24 heavy (non-hydrogen) atoms. The van der Waals surface area contributed by atoms with E-state index in [2.05, 4.69) is 15.6 Å². The summed E-state index contributed by atoms with van der Waals surface area (Å²) < 4.78 is 18.4. The summed E-state index contributed by atoms with van der Waals surface area (Å²) in [4.78, 5) is 26.3. The van der Waals surface area contributed by atoms with Crippen molar-refractivity contribution in [3.8, 4) is 0 Å². The molecule has 0 radical (unpaired) electrons. The van der Waals surface area contributed by atoms with Gasteiger partial charge in [0.1, 0.15) is 17.0 Å². The maximum Gasteiger partial charge on any atom is 0.407 e. The number of rotatable bonds is 5. The molecule has 8 heteroatoms. The lowest BCUT2D eigenvalue weighted by molar-refractivity contribution is 0.0507. The van der Waals surface area contributed by atoms with E-state index in [0.717, 1.165) is 18.9 Å². The fraction of sp³-hybridized carbons (Fsp3) is 0.562. The predicted octanol–water partition coefficient (Wildman–Crippen LogP) is 2.63. The number of carboxylic acid groups (broad SMARTS) is 1. The van der Waals surface area contributed by atoms with Crippen molar-refractivity contribution in [1.29, 1.82) is 0 Å². The molecule has 2 rings (SSSR count). The SMILES string of the molecule is CC(C)(C)OC(=O)NCC1CC(Nc2nc(F)ccc2C(=O)O)C1. The van der Waals surface area contributed by atoms with Gasteiger partial charge in [-0.25, -0.2) is 14.6 Å². The number of amides is 1. The number of pyridine rings is 1. The van der Waals surface area contributed by atoms with Gasteiger partial charge < -0.3 is 20.5 Å². The number of halogens is 1. The number of aromatic carboxylic acids is 1. The first-order valence-electron chi connectivity index (χ1n) is 7.77. The molecular formula is C16H22FN3O4. The van der Waals surface area contributed by atoms with Gasteiger partial charge in [0, 0.05) is 12.6 Å². The molecule has 0 unspecified atom stereocenters. The van der Waals surface area contributed by atoms with E-state index in [1.54, 1.807) is 20.8 Å². The van der Waals surface area contributed by atoms with E-state index >= 15 is 0 Å². The van der Waals surface area contributed by atoms with Crippen LogP contribution in [-0.4, -0.2) is 40.3 Å². The van der Waals surface area contributed by atoms with Crippen molar-refractivity contribution in [3.05, 3.63) is 23.6 Å². The van der Waals surface area contributed by atoms with Gasteiger partial charge in [-0.15, -0.1) is 0 Å². The van der Waals surface area contributed by atoms with Crippen LogP contribution in [0.25, 0.3) is 0 Å². The highest BCUT2D eigenvalue weighted by Gasteiger charge is 2.31. The van der Waals surface area contributed by atoms with Crippen LogP contribution in [-0.2, 0) is 4.74 Å². The first-order chi connectivity index (χ1) is 11.1. The number of hydrogen-bond acceptors (Lipinski definition) is 5. The third-order valence-corrected chi connectivity index (χ3v) is 3.60. The molecule has 1 aliphatic rings. The van der Waals surface area contributed by atoms with Gasteiger partial charge in [0.2, 0.25) is 5.95 Å². The van der Waals surface area contributed by atoms with E-state index in [-0.39, 0.29) is 23.3 Å². The molecule has 0 bridgehead atoms.